The van der Waals surface area contributed by atoms with E-state index in [9.17, 15) is 0 Å². The lowest BCUT2D eigenvalue weighted by atomic mass is 10.0. The Bertz CT molecular complexity index is 1420. The Labute approximate surface area is 211 Å². The van der Waals surface area contributed by atoms with Gasteiger partial charge in [0.25, 0.3) is 0 Å². The molecule has 154 valence electrons. The number of hydrogen-bond donors (Lipinski definition) is 0. The molecule has 0 heterocycles. The van der Waals surface area contributed by atoms with Crippen molar-refractivity contribution in [3.05, 3.63) is 106 Å². The molecule has 0 amide bonds. The Morgan fingerprint density at radius 2 is 0.562 bits per heavy atom. The van der Waals surface area contributed by atoms with Crippen LogP contribution >= 0.6 is 53.4 Å². The van der Waals surface area contributed by atoms with Gasteiger partial charge in [0, 0.05) is 18.7 Å². The van der Waals surface area contributed by atoms with Crippen LogP contribution in [0.1, 0.15) is 0 Å². The molecule has 6 rings (SSSR count). The lowest BCUT2D eigenvalue weighted by Gasteiger charge is -2.16. The minimum absolute atomic E-state index is 1.16. The van der Waals surface area contributed by atoms with Gasteiger partial charge in [0.15, 0.2) is 0 Å². The molecule has 0 aliphatic carbocycles. The van der Waals surface area contributed by atoms with Crippen LogP contribution in [0.5, 0.6) is 0 Å². The van der Waals surface area contributed by atoms with Crippen molar-refractivity contribution in [2.24, 2.45) is 0 Å². The largest absolute Gasteiger partial charge is 0.0616 e. The van der Waals surface area contributed by atoms with Gasteiger partial charge in [-0.15, -0.1) is 0 Å². The van der Waals surface area contributed by atoms with Gasteiger partial charge in [-0.05, 0) is 74.9 Å². The summed E-state index contributed by atoms with van der Waals surface area (Å²) in [6, 6.07) is 34.7. The van der Waals surface area contributed by atoms with E-state index in [4.69, 9.17) is 0 Å². The maximum absolute atomic E-state index is 3.86. The van der Waals surface area contributed by atoms with Crippen LogP contribution < -0.4 is 0 Å². The van der Waals surface area contributed by atoms with E-state index in [2.05, 4.69) is 129 Å². The monoisotopic (exact) mass is 574 g/mol. The number of fused-ring (bicyclic) bond motifs is 4. The number of rotatable bonds is 3. The highest BCUT2D eigenvalue weighted by Gasteiger charge is 2.16. The van der Waals surface area contributed by atoms with Gasteiger partial charge < -0.3 is 0 Å². The summed E-state index contributed by atoms with van der Waals surface area (Å²) in [6.07, 6.45) is 0. The summed E-state index contributed by atoms with van der Waals surface area (Å²) in [6.45, 7) is 0. The quantitative estimate of drug-likeness (QED) is 0.152. The SMILES string of the molecule is Brc1c2ccccc2c(SSc2c3ccccc3c(Br)c3ccccc23)c2ccccc12. The highest BCUT2D eigenvalue weighted by molar-refractivity contribution is 9.11. The third kappa shape index (κ3) is 3.28. The summed E-state index contributed by atoms with van der Waals surface area (Å²) in [5, 5.41) is 10.1. The van der Waals surface area contributed by atoms with Crippen LogP contribution in [0, 0.1) is 0 Å². The first-order chi connectivity index (χ1) is 15.7. The molecule has 0 nitrogen and oxygen atoms in total. The summed E-state index contributed by atoms with van der Waals surface area (Å²) in [7, 11) is 3.71. The second-order valence-electron chi connectivity index (χ2n) is 7.64. The Balaban J connectivity index is 1.59. The van der Waals surface area contributed by atoms with E-state index in [-0.39, 0.29) is 0 Å². The van der Waals surface area contributed by atoms with Gasteiger partial charge >= 0.3 is 0 Å². The van der Waals surface area contributed by atoms with Gasteiger partial charge in [-0.25, -0.2) is 0 Å². The normalized spacial score (nSPS) is 11.7. The molecule has 4 heteroatoms. The van der Waals surface area contributed by atoms with Crippen LogP contribution in [-0.2, 0) is 0 Å². The van der Waals surface area contributed by atoms with Gasteiger partial charge in [-0.2, -0.15) is 0 Å². The van der Waals surface area contributed by atoms with Crippen molar-refractivity contribution in [1.29, 1.82) is 0 Å². The molecular weight excluding hydrogens is 560 g/mol. The number of hydrogen-bond acceptors (Lipinski definition) is 2. The standard InChI is InChI=1S/C28H16Br2S2/c29-25-17-9-1-5-13-21(17)27(22-14-6-2-10-18(22)25)31-32-28-23-15-7-3-11-19(23)26(30)20-12-4-8-16-24(20)28/h1-16H. The van der Waals surface area contributed by atoms with E-state index in [1.807, 2.05) is 21.6 Å². The molecule has 0 N–H and O–H groups in total. The summed E-state index contributed by atoms with van der Waals surface area (Å²) < 4.78 is 2.33. The highest BCUT2D eigenvalue weighted by Crippen LogP contribution is 2.51. The zero-order valence-corrected chi connectivity index (χ0v) is 21.6. The topological polar surface area (TPSA) is 0 Å². The second kappa shape index (κ2) is 8.42. The fourth-order valence-corrected chi connectivity index (χ4v) is 8.53. The molecule has 0 unspecified atom stereocenters. The van der Waals surface area contributed by atoms with Crippen molar-refractivity contribution >= 4 is 96.5 Å². The second-order valence-corrected chi connectivity index (χ2v) is 11.4. The zero-order valence-electron chi connectivity index (χ0n) is 16.8. The van der Waals surface area contributed by atoms with E-state index >= 15 is 0 Å². The average Bonchev–Trinajstić information content (AvgIpc) is 2.86. The molecular formula is C28H16Br2S2. The lowest BCUT2D eigenvalue weighted by Crippen LogP contribution is -1.86. The van der Waals surface area contributed by atoms with E-state index in [0.717, 1.165) is 8.95 Å². The molecule has 6 aromatic carbocycles. The highest BCUT2D eigenvalue weighted by atomic mass is 79.9. The molecule has 0 aliphatic heterocycles. The third-order valence-electron chi connectivity index (χ3n) is 5.84. The summed E-state index contributed by atoms with van der Waals surface area (Å²) in [5.74, 6) is 0. The third-order valence-corrected chi connectivity index (χ3v) is 10.1. The molecule has 0 spiro atoms. The van der Waals surface area contributed by atoms with Crippen molar-refractivity contribution in [3.63, 3.8) is 0 Å². The van der Waals surface area contributed by atoms with Crippen molar-refractivity contribution < 1.29 is 0 Å². The molecule has 0 saturated carbocycles. The van der Waals surface area contributed by atoms with Crippen molar-refractivity contribution in [2.45, 2.75) is 9.79 Å². The zero-order chi connectivity index (χ0) is 21.7. The summed E-state index contributed by atoms with van der Waals surface area (Å²) in [4.78, 5) is 2.61. The maximum Gasteiger partial charge on any atom is 0.0344 e. The van der Waals surface area contributed by atoms with Gasteiger partial charge in [-0.3, -0.25) is 0 Å². The van der Waals surface area contributed by atoms with Crippen LogP contribution in [0.3, 0.4) is 0 Å². The molecule has 0 saturated heterocycles. The van der Waals surface area contributed by atoms with Crippen LogP contribution in [-0.4, -0.2) is 0 Å². The molecule has 0 bridgehead atoms. The van der Waals surface area contributed by atoms with E-state index in [1.54, 1.807) is 0 Å². The van der Waals surface area contributed by atoms with E-state index in [0.29, 0.717) is 0 Å². The fraction of sp³-hybridized carbons (Fsp3) is 0. The summed E-state index contributed by atoms with van der Waals surface area (Å²) >= 11 is 7.73. The molecule has 0 aromatic heterocycles. The smallest absolute Gasteiger partial charge is 0.0344 e. The number of halogens is 2. The average molecular weight is 576 g/mol. The Hall–Kier alpha value is -1.98. The van der Waals surface area contributed by atoms with Gasteiger partial charge in [-0.1, -0.05) is 119 Å². The van der Waals surface area contributed by atoms with Crippen LogP contribution in [0.15, 0.2) is 116 Å². The van der Waals surface area contributed by atoms with E-state index < -0.39 is 0 Å². The molecule has 0 atom stereocenters. The van der Waals surface area contributed by atoms with E-state index in [1.165, 1.54) is 52.9 Å². The molecule has 0 fully saturated rings. The predicted molar refractivity (Wildman–Crippen MR) is 150 cm³/mol. The first-order valence-corrected chi connectivity index (χ1v) is 14.0. The van der Waals surface area contributed by atoms with Crippen molar-refractivity contribution in [2.75, 3.05) is 0 Å². The number of benzene rings is 6. The molecule has 6 aromatic rings. The van der Waals surface area contributed by atoms with Crippen LogP contribution in [0.2, 0.25) is 0 Å². The molecule has 0 radical (unpaired) electrons. The molecule has 32 heavy (non-hydrogen) atoms. The first kappa shape index (κ1) is 20.6. The van der Waals surface area contributed by atoms with Crippen molar-refractivity contribution in [3.8, 4) is 0 Å². The van der Waals surface area contributed by atoms with Gasteiger partial charge in [0.1, 0.15) is 0 Å². The minimum atomic E-state index is 1.16. The molecule has 0 aliphatic rings. The Morgan fingerprint density at radius 1 is 0.344 bits per heavy atom. The van der Waals surface area contributed by atoms with Gasteiger partial charge in [0.05, 0.1) is 0 Å². The predicted octanol–water partition coefficient (Wildman–Crippen LogP) is 10.6. The Morgan fingerprint density at radius 3 is 0.812 bits per heavy atom. The minimum Gasteiger partial charge on any atom is -0.0616 e. The first-order valence-electron chi connectivity index (χ1n) is 10.3. The van der Waals surface area contributed by atoms with Gasteiger partial charge in [0.2, 0.25) is 0 Å². The fourth-order valence-electron chi connectivity index (χ4n) is 4.33. The Kier molecular flexibility index (Phi) is 5.42. The van der Waals surface area contributed by atoms with Crippen LogP contribution in [0.25, 0.3) is 43.1 Å². The maximum atomic E-state index is 3.86. The summed E-state index contributed by atoms with van der Waals surface area (Å²) in [5.41, 5.74) is 0. The van der Waals surface area contributed by atoms with Crippen LogP contribution in [0.4, 0.5) is 0 Å². The van der Waals surface area contributed by atoms with Crippen molar-refractivity contribution in [1.82, 2.24) is 0 Å². The lowest BCUT2D eigenvalue weighted by molar-refractivity contribution is 1.60.